The molecule has 3 rings (SSSR count). The predicted octanol–water partition coefficient (Wildman–Crippen LogP) is 5.11. The van der Waals surface area contributed by atoms with Gasteiger partial charge in [-0.3, -0.25) is 4.79 Å². The van der Waals surface area contributed by atoms with Crippen LogP contribution in [-0.2, 0) is 4.74 Å². The van der Waals surface area contributed by atoms with Crippen LogP contribution in [0.15, 0.2) is 36.4 Å². The Bertz CT molecular complexity index is 968. The quantitative estimate of drug-likeness (QED) is 0.570. The van der Waals surface area contributed by atoms with Gasteiger partial charge < -0.3 is 19.4 Å². The van der Waals surface area contributed by atoms with Crippen molar-refractivity contribution >= 4 is 46.7 Å². The standard InChI is InChI=1S/C23H28Cl2N4O3/c1-5-29(17-8-6-16(24)7-9-17)21(30)18-10-11-19(26-20(18)25)27-12-14-28(15-13-27)22(31)32-23(2,3)4/h6-11H,5,12-15H2,1-4H3. The number of benzene rings is 1. The second kappa shape index (κ2) is 9.96. The van der Waals surface area contributed by atoms with Crippen LogP contribution in [0.25, 0.3) is 0 Å². The number of amides is 2. The van der Waals surface area contributed by atoms with Crippen LogP contribution in [0.3, 0.4) is 0 Å². The Kier molecular flexibility index (Phi) is 7.51. The molecule has 1 aliphatic rings. The van der Waals surface area contributed by atoms with E-state index < -0.39 is 5.60 Å². The van der Waals surface area contributed by atoms with Crippen molar-refractivity contribution in [2.75, 3.05) is 42.5 Å². The molecule has 9 heteroatoms. The van der Waals surface area contributed by atoms with Crippen LogP contribution >= 0.6 is 23.2 Å². The highest BCUT2D eigenvalue weighted by atomic mass is 35.5. The van der Waals surface area contributed by atoms with Crippen LogP contribution in [0, 0.1) is 0 Å². The number of halogens is 2. The Morgan fingerprint density at radius 1 is 1.03 bits per heavy atom. The molecule has 0 saturated carbocycles. The Morgan fingerprint density at radius 2 is 1.66 bits per heavy atom. The maximum atomic E-state index is 13.1. The van der Waals surface area contributed by atoms with E-state index in [9.17, 15) is 9.59 Å². The van der Waals surface area contributed by atoms with Gasteiger partial charge in [-0.25, -0.2) is 9.78 Å². The minimum absolute atomic E-state index is 0.148. The van der Waals surface area contributed by atoms with E-state index in [1.165, 1.54) is 0 Å². The van der Waals surface area contributed by atoms with Gasteiger partial charge in [-0.2, -0.15) is 0 Å². The van der Waals surface area contributed by atoms with E-state index in [1.54, 1.807) is 46.2 Å². The zero-order valence-corrected chi connectivity index (χ0v) is 20.3. The second-order valence-corrected chi connectivity index (χ2v) is 9.28. The molecule has 2 aromatic rings. The van der Waals surface area contributed by atoms with Crippen molar-refractivity contribution in [3.63, 3.8) is 0 Å². The highest BCUT2D eigenvalue weighted by molar-refractivity contribution is 6.33. The van der Waals surface area contributed by atoms with Crippen LogP contribution in [0.2, 0.25) is 10.2 Å². The lowest BCUT2D eigenvalue weighted by atomic mass is 10.2. The summed E-state index contributed by atoms with van der Waals surface area (Å²) in [5.41, 5.74) is 0.546. The number of rotatable bonds is 4. The summed E-state index contributed by atoms with van der Waals surface area (Å²) in [6, 6.07) is 10.6. The fraction of sp³-hybridized carbons (Fsp3) is 0.435. The molecule has 0 N–H and O–H groups in total. The van der Waals surface area contributed by atoms with Gasteiger partial charge in [0, 0.05) is 43.4 Å². The molecular formula is C23H28Cl2N4O3. The zero-order chi connectivity index (χ0) is 23.5. The smallest absolute Gasteiger partial charge is 0.410 e. The molecule has 2 heterocycles. The lowest BCUT2D eigenvalue weighted by Gasteiger charge is -2.36. The van der Waals surface area contributed by atoms with Gasteiger partial charge in [0.2, 0.25) is 0 Å². The van der Waals surface area contributed by atoms with Gasteiger partial charge in [0.1, 0.15) is 16.6 Å². The maximum absolute atomic E-state index is 13.1. The van der Waals surface area contributed by atoms with Crippen LogP contribution in [-0.4, -0.2) is 60.2 Å². The molecule has 0 atom stereocenters. The van der Waals surface area contributed by atoms with Gasteiger partial charge in [0.05, 0.1) is 5.56 Å². The van der Waals surface area contributed by atoms with Crippen LogP contribution in [0.1, 0.15) is 38.1 Å². The molecule has 1 saturated heterocycles. The van der Waals surface area contributed by atoms with Crippen LogP contribution in [0.5, 0.6) is 0 Å². The van der Waals surface area contributed by atoms with E-state index in [-0.39, 0.29) is 17.2 Å². The number of carbonyl (C=O) groups is 2. The molecule has 0 aliphatic carbocycles. The van der Waals surface area contributed by atoms with Gasteiger partial charge >= 0.3 is 6.09 Å². The van der Waals surface area contributed by atoms with Crippen molar-refractivity contribution in [1.29, 1.82) is 0 Å². The average molecular weight is 479 g/mol. The number of piperazine rings is 1. The third-order valence-electron chi connectivity index (χ3n) is 5.02. The molecule has 1 aromatic carbocycles. The summed E-state index contributed by atoms with van der Waals surface area (Å²) in [7, 11) is 0. The molecule has 1 aliphatic heterocycles. The molecular weight excluding hydrogens is 451 g/mol. The van der Waals surface area contributed by atoms with Gasteiger partial charge in [-0.05, 0) is 64.1 Å². The van der Waals surface area contributed by atoms with Crippen molar-refractivity contribution in [3.8, 4) is 0 Å². The molecule has 1 aromatic heterocycles. The summed E-state index contributed by atoms with van der Waals surface area (Å²) >= 11 is 12.4. The number of hydrogen-bond acceptors (Lipinski definition) is 5. The van der Waals surface area contributed by atoms with E-state index in [2.05, 4.69) is 4.98 Å². The van der Waals surface area contributed by atoms with E-state index in [1.807, 2.05) is 32.6 Å². The van der Waals surface area contributed by atoms with Crippen molar-refractivity contribution in [2.24, 2.45) is 0 Å². The number of aromatic nitrogens is 1. The molecule has 172 valence electrons. The third kappa shape index (κ3) is 5.84. The highest BCUT2D eigenvalue weighted by Crippen LogP contribution is 2.25. The number of pyridine rings is 1. The van der Waals surface area contributed by atoms with Crippen LogP contribution in [0.4, 0.5) is 16.3 Å². The maximum Gasteiger partial charge on any atom is 0.410 e. The molecule has 0 spiro atoms. The lowest BCUT2D eigenvalue weighted by Crippen LogP contribution is -2.50. The fourth-order valence-electron chi connectivity index (χ4n) is 3.41. The third-order valence-corrected chi connectivity index (χ3v) is 5.56. The minimum Gasteiger partial charge on any atom is -0.444 e. The number of anilines is 2. The summed E-state index contributed by atoms with van der Waals surface area (Å²) in [5, 5.41) is 0.752. The number of ether oxygens (including phenoxy) is 1. The first kappa shape index (κ1) is 24.1. The van der Waals surface area contributed by atoms with Crippen molar-refractivity contribution in [3.05, 3.63) is 52.1 Å². The SMILES string of the molecule is CCN(C(=O)c1ccc(N2CCN(C(=O)OC(C)(C)C)CC2)nc1Cl)c1ccc(Cl)cc1. The van der Waals surface area contributed by atoms with Gasteiger partial charge in [0.15, 0.2) is 0 Å². The Morgan fingerprint density at radius 3 is 2.19 bits per heavy atom. The largest absolute Gasteiger partial charge is 0.444 e. The zero-order valence-electron chi connectivity index (χ0n) is 18.8. The monoisotopic (exact) mass is 478 g/mol. The van der Waals surface area contributed by atoms with E-state index in [4.69, 9.17) is 27.9 Å². The van der Waals surface area contributed by atoms with Gasteiger partial charge in [-0.15, -0.1) is 0 Å². The molecule has 1 fully saturated rings. The van der Waals surface area contributed by atoms with E-state index in [0.29, 0.717) is 49.1 Å². The van der Waals surface area contributed by atoms with Gasteiger partial charge in [-0.1, -0.05) is 23.2 Å². The van der Waals surface area contributed by atoms with Crippen molar-refractivity contribution < 1.29 is 14.3 Å². The fourth-order valence-corrected chi connectivity index (χ4v) is 3.77. The minimum atomic E-state index is -0.524. The van der Waals surface area contributed by atoms with E-state index >= 15 is 0 Å². The Labute approximate surface area is 198 Å². The summed E-state index contributed by atoms with van der Waals surface area (Å²) in [5.74, 6) is 0.443. The summed E-state index contributed by atoms with van der Waals surface area (Å²) in [6.45, 7) is 10.2. The summed E-state index contributed by atoms with van der Waals surface area (Å²) < 4.78 is 5.44. The Balaban J connectivity index is 1.68. The first-order valence-electron chi connectivity index (χ1n) is 10.6. The highest BCUT2D eigenvalue weighted by Gasteiger charge is 2.27. The number of nitrogens with zero attached hydrogens (tertiary/aromatic N) is 4. The lowest BCUT2D eigenvalue weighted by molar-refractivity contribution is 0.0240. The topological polar surface area (TPSA) is 66.0 Å². The molecule has 32 heavy (non-hydrogen) atoms. The first-order valence-corrected chi connectivity index (χ1v) is 11.3. The summed E-state index contributed by atoms with van der Waals surface area (Å²) in [4.78, 5) is 35.2. The average Bonchev–Trinajstić information content (AvgIpc) is 2.74. The molecule has 0 unspecified atom stereocenters. The van der Waals surface area contributed by atoms with Crippen molar-refractivity contribution in [2.45, 2.75) is 33.3 Å². The van der Waals surface area contributed by atoms with Crippen molar-refractivity contribution in [1.82, 2.24) is 9.88 Å². The van der Waals surface area contributed by atoms with Crippen LogP contribution < -0.4 is 9.80 Å². The molecule has 0 bridgehead atoms. The van der Waals surface area contributed by atoms with E-state index in [0.717, 1.165) is 5.69 Å². The van der Waals surface area contributed by atoms with Gasteiger partial charge in [0.25, 0.3) is 5.91 Å². The first-order chi connectivity index (χ1) is 15.1. The second-order valence-electron chi connectivity index (χ2n) is 8.49. The predicted molar refractivity (Wildman–Crippen MR) is 128 cm³/mol. The Hall–Kier alpha value is -2.51. The number of hydrogen-bond donors (Lipinski definition) is 0. The molecule has 2 amide bonds. The normalized spacial score (nSPS) is 14.3. The number of carbonyl (C=O) groups excluding carboxylic acids is 2. The molecule has 7 nitrogen and oxygen atoms in total. The molecule has 0 radical (unpaired) electrons. The summed E-state index contributed by atoms with van der Waals surface area (Å²) in [6.07, 6.45) is -0.314.